The third-order valence-corrected chi connectivity index (χ3v) is 2.65. The van der Waals surface area contributed by atoms with E-state index in [-0.39, 0.29) is 17.2 Å². The fraction of sp³-hybridized carbons (Fsp3) is 0.0667. The van der Waals surface area contributed by atoms with Crippen LogP contribution in [-0.4, -0.2) is 15.3 Å². The Kier molecular flexibility index (Phi) is 3.24. The van der Waals surface area contributed by atoms with Crippen molar-refractivity contribution in [2.45, 2.75) is 6.92 Å². The Labute approximate surface area is 105 Å². The molecule has 92 valence electrons. The Morgan fingerprint density at radius 3 is 2.11 bits per heavy atom. The lowest BCUT2D eigenvalue weighted by Gasteiger charge is -2.08. The number of phenolic OH excluding ortho intramolecular Hbond substituents is 3. The highest BCUT2D eigenvalue weighted by atomic mass is 16.3. The Balaban J connectivity index is 2.62. The van der Waals surface area contributed by atoms with E-state index in [1.54, 1.807) is 18.2 Å². The molecule has 0 aromatic heterocycles. The lowest BCUT2D eigenvalue weighted by molar-refractivity contribution is 0.459. The molecule has 0 unspecified atom stereocenters. The smallest absolute Gasteiger partial charge is 0.123 e. The van der Waals surface area contributed by atoms with Crippen molar-refractivity contribution in [3.05, 3.63) is 48.0 Å². The van der Waals surface area contributed by atoms with Gasteiger partial charge in [0.15, 0.2) is 0 Å². The topological polar surface area (TPSA) is 60.7 Å². The van der Waals surface area contributed by atoms with Crippen LogP contribution >= 0.6 is 0 Å². The van der Waals surface area contributed by atoms with Gasteiger partial charge in [-0.3, -0.25) is 0 Å². The molecule has 0 aliphatic rings. The molecule has 0 saturated carbocycles. The van der Waals surface area contributed by atoms with Crippen molar-refractivity contribution in [1.29, 1.82) is 0 Å². The monoisotopic (exact) mass is 242 g/mol. The predicted octanol–water partition coefficient (Wildman–Crippen LogP) is 3.50. The van der Waals surface area contributed by atoms with E-state index in [2.05, 4.69) is 0 Å². The number of hydrogen-bond acceptors (Lipinski definition) is 3. The van der Waals surface area contributed by atoms with Crippen LogP contribution in [0.5, 0.6) is 17.2 Å². The largest absolute Gasteiger partial charge is 0.508 e. The summed E-state index contributed by atoms with van der Waals surface area (Å²) in [6.07, 6.45) is 3.78. The minimum Gasteiger partial charge on any atom is -0.508 e. The van der Waals surface area contributed by atoms with Crippen molar-refractivity contribution < 1.29 is 15.3 Å². The van der Waals surface area contributed by atoms with Gasteiger partial charge in [-0.25, -0.2) is 0 Å². The highest BCUT2D eigenvalue weighted by Gasteiger charge is 2.10. The fourth-order valence-corrected chi connectivity index (χ4v) is 1.81. The maximum Gasteiger partial charge on any atom is 0.123 e. The second-order valence-electron chi connectivity index (χ2n) is 3.98. The average molecular weight is 242 g/mol. The van der Waals surface area contributed by atoms with Crippen LogP contribution in [0.3, 0.4) is 0 Å². The summed E-state index contributed by atoms with van der Waals surface area (Å²) >= 11 is 0. The lowest BCUT2D eigenvalue weighted by atomic mass is 10.0. The molecule has 2 aromatic carbocycles. The first-order valence-corrected chi connectivity index (χ1v) is 5.60. The van der Waals surface area contributed by atoms with Gasteiger partial charge in [0, 0.05) is 11.1 Å². The SMILES string of the molecule is CC=Cc1ccc(O)c(-c2cc(O)ccc2O)c1. The fourth-order valence-electron chi connectivity index (χ4n) is 1.81. The average Bonchev–Trinajstić information content (AvgIpc) is 2.35. The van der Waals surface area contributed by atoms with Crippen molar-refractivity contribution in [3.63, 3.8) is 0 Å². The van der Waals surface area contributed by atoms with E-state index >= 15 is 0 Å². The first-order chi connectivity index (χ1) is 8.61. The van der Waals surface area contributed by atoms with Crippen LogP contribution in [0.15, 0.2) is 42.5 Å². The lowest BCUT2D eigenvalue weighted by Crippen LogP contribution is -1.83. The van der Waals surface area contributed by atoms with Crippen LogP contribution in [0, 0.1) is 0 Å². The van der Waals surface area contributed by atoms with Gasteiger partial charge < -0.3 is 15.3 Å². The Morgan fingerprint density at radius 2 is 1.44 bits per heavy atom. The van der Waals surface area contributed by atoms with Crippen LogP contribution < -0.4 is 0 Å². The second-order valence-corrected chi connectivity index (χ2v) is 3.98. The number of rotatable bonds is 2. The first-order valence-electron chi connectivity index (χ1n) is 5.60. The van der Waals surface area contributed by atoms with Crippen LogP contribution in [-0.2, 0) is 0 Å². The molecular formula is C15H14O3. The summed E-state index contributed by atoms with van der Waals surface area (Å²) in [6.45, 7) is 1.90. The summed E-state index contributed by atoms with van der Waals surface area (Å²) < 4.78 is 0. The van der Waals surface area contributed by atoms with E-state index in [9.17, 15) is 15.3 Å². The molecule has 3 nitrogen and oxygen atoms in total. The van der Waals surface area contributed by atoms with Crippen molar-refractivity contribution in [3.8, 4) is 28.4 Å². The summed E-state index contributed by atoms with van der Waals surface area (Å²) in [5, 5.41) is 29.1. The molecule has 0 bridgehead atoms. The number of aromatic hydroxyl groups is 3. The third kappa shape index (κ3) is 2.30. The molecule has 0 radical (unpaired) electrons. The molecule has 0 spiro atoms. The number of phenols is 3. The molecule has 0 amide bonds. The molecule has 0 fully saturated rings. The normalized spacial score (nSPS) is 10.9. The highest BCUT2D eigenvalue weighted by Crippen LogP contribution is 2.37. The van der Waals surface area contributed by atoms with Gasteiger partial charge in [0.2, 0.25) is 0 Å². The highest BCUT2D eigenvalue weighted by molar-refractivity contribution is 5.78. The van der Waals surface area contributed by atoms with Crippen molar-refractivity contribution in [1.82, 2.24) is 0 Å². The number of allylic oxidation sites excluding steroid dienone is 1. The molecule has 0 aliphatic carbocycles. The van der Waals surface area contributed by atoms with Gasteiger partial charge in [0.25, 0.3) is 0 Å². The van der Waals surface area contributed by atoms with Gasteiger partial charge in [0.05, 0.1) is 0 Å². The van der Waals surface area contributed by atoms with Crippen LogP contribution in [0.1, 0.15) is 12.5 Å². The van der Waals surface area contributed by atoms with Gasteiger partial charge >= 0.3 is 0 Å². The zero-order chi connectivity index (χ0) is 13.1. The molecule has 0 saturated heterocycles. The van der Waals surface area contributed by atoms with Crippen molar-refractivity contribution in [2.24, 2.45) is 0 Å². The van der Waals surface area contributed by atoms with Gasteiger partial charge in [-0.2, -0.15) is 0 Å². The van der Waals surface area contributed by atoms with E-state index in [0.717, 1.165) is 5.56 Å². The van der Waals surface area contributed by atoms with E-state index in [0.29, 0.717) is 11.1 Å². The van der Waals surface area contributed by atoms with E-state index in [4.69, 9.17) is 0 Å². The van der Waals surface area contributed by atoms with Crippen molar-refractivity contribution >= 4 is 6.08 Å². The summed E-state index contributed by atoms with van der Waals surface area (Å²) in [5.74, 6) is 0.114. The Morgan fingerprint density at radius 1 is 0.833 bits per heavy atom. The molecule has 0 atom stereocenters. The van der Waals surface area contributed by atoms with Crippen LogP contribution in [0.4, 0.5) is 0 Å². The Hall–Kier alpha value is -2.42. The quantitative estimate of drug-likeness (QED) is 0.706. The predicted molar refractivity (Wildman–Crippen MR) is 71.6 cm³/mol. The zero-order valence-electron chi connectivity index (χ0n) is 9.96. The number of hydrogen-bond donors (Lipinski definition) is 3. The second kappa shape index (κ2) is 4.84. The maximum absolute atomic E-state index is 9.86. The molecule has 18 heavy (non-hydrogen) atoms. The van der Waals surface area contributed by atoms with Crippen molar-refractivity contribution in [2.75, 3.05) is 0 Å². The van der Waals surface area contributed by atoms with Crippen LogP contribution in [0.2, 0.25) is 0 Å². The third-order valence-electron chi connectivity index (χ3n) is 2.65. The molecule has 2 aromatic rings. The van der Waals surface area contributed by atoms with Gasteiger partial charge in [-0.05, 0) is 42.8 Å². The summed E-state index contributed by atoms with van der Waals surface area (Å²) in [7, 11) is 0. The molecular weight excluding hydrogens is 228 g/mol. The minimum atomic E-state index is 0.0146. The van der Waals surface area contributed by atoms with E-state index in [1.807, 2.05) is 19.1 Å². The van der Waals surface area contributed by atoms with Gasteiger partial charge in [-0.15, -0.1) is 0 Å². The summed E-state index contributed by atoms with van der Waals surface area (Å²) in [6, 6.07) is 9.30. The molecule has 2 rings (SSSR count). The maximum atomic E-state index is 9.86. The standard InChI is InChI=1S/C15H14O3/c1-2-3-10-4-6-14(17)12(8-10)13-9-11(16)5-7-15(13)18/h2-9,16-18H,1H3. The number of benzene rings is 2. The first kappa shape index (κ1) is 12.0. The van der Waals surface area contributed by atoms with Crippen LogP contribution in [0.25, 0.3) is 17.2 Å². The van der Waals surface area contributed by atoms with Gasteiger partial charge in [-0.1, -0.05) is 18.2 Å². The molecule has 0 aliphatic heterocycles. The van der Waals surface area contributed by atoms with E-state index in [1.165, 1.54) is 18.2 Å². The molecule has 0 heterocycles. The molecule has 3 N–H and O–H groups in total. The summed E-state index contributed by atoms with van der Waals surface area (Å²) in [4.78, 5) is 0. The minimum absolute atomic E-state index is 0.0146. The summed E-state index contributed by atoms with van der Waals surface area (Å²) in [5.41, 5.74) is 1.80. The Bertz CT molecular complexity index is 601. The van der Waals surface area contributed by atoms with Gasteiger partial charge in [0.1, 0.15) is 17.2 Å². The molecule has 3 heteroatoms. The zero-order valence-corrected chi connectivity index (χ0v) is 9.96. The van der Waals surface area contributed by atoms with E-state index < -0.39 is 0 Å².